The van der Waals surface area contributed by atoms with Crippen LogP contribution in [0.4, 0.5) is 5.69 Å². The van der Waals surface area contributed by atoms with Gasteiger partial charge in [-0.05, 0) is 48.2 Å². The van der Waals surface area contributed by atoms with E-state index in [-0.39, 0.29) is 0 Å². The van der Waals surface area contributed by atoms with Crippen molar-refractivity contribution in [3.05, 3.63) is 65.4 Å². The molecule has 0 atom stereocenters. The average molecular weight is 264 g/mol. The quantitative estimate of drug-likeness (QED) is 0.753. The molecule has 3 rings (SSSR count). The SMILES string of the molecule is Cc1ccc2c(Cc3ccc(N(C)C)cc3)c[nH]c2c1. The minimum absolute atomic E-state index is 0.969. The first-order chi connectivity index (χ1) is 9.63. The van der Waals surface area contributed by atoms with Gasteiger partial charge in [0.2, 0.25) is 0 Å². The Balaban J connectivity index is 1.89. The van der Waals surface area contributed by atoms with E-state index in [1.54, 1.807) is 0 Å². The smallest absolute Gasteiger partial charge is 0.0459 e. The number of aromatic amines is 1. The van der Waals surface area contributed by atoms with E-state index >= 15 is 0 Å². The Kier molecular flexibility index (Phi) is 3.23. The summed E-state index contributed by atoms with van der Waals surface area (Å²) in [6.45, 7) is 2.12. The van der Waals surface area contributed by atoms with E-state index in [4.69, 9.17) is 0 Å². The molecule has 2 nitrogen and oxygen atoms in total. The number of aryl methyl sites for hydroxylation is 1. The van der Waals surface area contributed by atoms with Crippen LogP contribution in [0, 0.1) is 6.92 Å². The predicted octanol–water partition coefficient (Wildman–Crippen LogP) is 4.13. The Morgan fingerprint density at radius 3 is 2.45 bits per heavy atom. The van der Waals surface area contributed by atoms with Gasteiger partial charge in [-0.2, -0.15) is 0 Å². The van der Waals surface area contributed by atoms with Crippen molar-refractivity contribution in [1.82, 2.24) is 4.98 Å². The average Bonchev–Trinajstić information content (AvgIpc) is 2.81. The van der Waals surface area contributed by atoms with Gasteiger partial charge in [0, 0.05) is 36.9 Å². The molecule has 102 valence electrons. The molecule has 1 heterocycles. The Bertz CT molecular complexity index is 721. The summed E-state index contributed by atoms with van der Waals surface area (Å²) in [7, 11) is 4.13. The first-order valence-corrected chi connectivity index (χ1v) is 6.96. The van der Waals surface area contributed by atoms with E-state index in [0.29, 0.717) is 0 Å². The van der Waals surface area contributed by atoms with E-state index in [9.17, 15) is 0 Å². The second-order valence-electron chi connectivity index (χ2n) is 5.60. The van der Waals surface area contributed by atoms with Crippen LogP contribution in [0.3, 0.4) is 0 Å². The van der Waals surface area contributed by atoms with Crippen LogP contribution in [0.5, 0.6) is 0 Å². The molecule has 0 amide bonds. The number of benzene rings is 2. The number of hydrogen-bond acceptors (Lipinski definition) is 1. The molecule has 0 aliphatic heterocycles. The van der Waals surface area contributed by atoms with Gasteiger partial charge in [-0.3, -0.25) is 0 Å². The molecular weight excluding hydrogens is 244 g/mol. The zero-order chi connectivity index (χ0) is 14.1. The van der Waals surface area contributed by atoms with Gasteiger partial charge in [-0.25, -0.2) is 0 Å². The largest absolute Gasteiger partial charge is 0.378 e. The lowest BCUT2D eigenvalue weighted by Gasteiger charge is -2.12. The second kappa shape index (κ2) is 5.04. The van der Waals surface area contributed by atoms with E-state index in [1.165, 1.54) is 33.3 Å². The minimum Gasteiger partial charge on any atom is -0.378 e. The molecule has 0 fully saturated rings. The molecular formula is C18H20N2. The molecule has 0 unspecified atom stereocenters. The van der Waals surface area contributed by atoms with Gasteiger partial charge in [0.25, 0.3) is 0 Å². The fourth-order valence-electron chi connectivity index (χ4n) is 2.58. The molecule has 2 aromatic carbocycles. The van der Waals surface area contributed by atoms with E-state index in [2.05, 4.69) is 79.6 Å². The van der Waals surface area contributed by atoms with Crippen LogP contribution in [0.1, 0.15) is 16.7 Å². The number of anilines is 1. The van der Waals surface area contributed by atoms with Crippen LogP contribution < -0.4 is 4.90 Å². The number of rotatable bonds is 3. The summed E-state index contributed by atoms with van der Waals surface area (Å²) >= 11 is 0. The molecule has 0 saturated carbocycles. The van der Waals surface area contributed by atoms with Crippen molar-refractivity contribution in [3.63, 3.8) is 0 Å². The van der Waals surface area contributed by atoms with Gasteiger partial charge < -0.3 is 9.88 Å². The monoisotopic (exact) mass is 264 g/mol. The van der Waals surface area contributed by atoms with Crippen LogP contribution in [0.15, 0.2) is 48.7 Å². The fourth-order valence-corrected chi connectivity index (χ4v) is 2.58. The first kappa shape index (κ1) is 12.8. The van der Waals surface area contributed by atoms with Gasteiger partial charge in [0.05, 0.1) is 0 Å². The highest BCUT2D eigenvalue weighted by molar-refractivity contribution is 5.84. The summed E-state index contributed by atoms with van der Waals surface area (Å²) in [6, 6.07) is 15.4. The number of hydrogen-bond donors (Lipinski definition) is 1. The molecule has 1 N–H and O–H groups in total. The third-order valence-corrected chi connectivity index (χ3v) is 3.77. The molecule has 0 radical (unpaired) electrons. The zero-order valence-corrected chi connectivity index (χ0v) is 12.3. The van der Waals surface area contributed by atoms with Crippen molar-refractivity contribution in [2.24, 2.45) is 0 Å². The summed E-state index contributed by atoms with van der Waals surface area (Å²) in [5.74, 6) is 0. The predicted molar refractivity (Wildman–Crippen MR) is 86.6 cm³/mol. The third kappa shape index (κ3) is 2.42. The minimum atomic E-state index is 0.969. The lowest BCUT2D eigenvalue weighted by Crippen LogP contribution is -2.08. The van der Waals surface area contributed by atoms with Crippen molar-refractivity contribution in [3.8, 4) is 0 Å². The van der Waals surface area contributed by atoms with E-state index < -0.39 is 0 Å². The van der Waals surface area contributed by atoms with Gasteiger partial charge in [-0.1, -0.05) is 24.3 Å². The Hall–Kier alpha value is -2.22. The third-order valence-electron chi connectivity index (χ3n) is 3.77. The number of H-pyrrole nitrogens is 1. The summed E-state index contributed by atoms with van der Waals surface area (Å²) in [5, 5.41) is 1.33. The number of nitrogens with one attached hydrogen (secondary N) is 1. The second-order valence-corrected chi connectivity index (χ2v) is 5.60. The molecule has 1 aromatic heterocycles. The van der Waals surface area contributed by atoms with Crippen molar-refractivity contribution >= 4 is 16.6 Å². The summed E-state index contributed by atoms with van der Waals surface area (Å²) in [4.78, 5) is 5.49. The number of aromatic nitrogens is 1. The Labute approximate surface area is 120 Å². The molecule has 0 aliphatic carbocycles. The summed E-state index contributed by atoms with van der Waals surface area (Å²) in [5.41, 5.74) is 6.46. The molecule has 20 heavy (non-hydrogen) atoms. The highest BCUT2D eigenvalue weighted by Crippen LogP contribution is 2.23. The van der Waals surface area contributed by atoms with Crippen molar-refractivity contribution in [1.29, 1.82) is 0 Å². The van der Waals surface area contributed by atoms with E-state index in [0.717, 1.165) is 6.42 Å². The Morgan fingerprint density at radius 2 is 1.75 bits per heavy atom. The lowest BCUT2D eigenvalue weighted by molar-refractivity contribution is 1.12. The molecule has 0 bridgehead atoms. The van der Waals surface area contributed by atoms with Crippen LogP contribution in [-0.4, -0.2) is 19.1 Å². The van der Waals surface area contributed by atoms with Crippen LogP contribution in [-0.2, 0) is 6.42 Å². The normalized spacial score (nSPS) is 10.9. The molecule has 0 saturated heterocycles. The van der Waals surface area contributed by atoms with Crippen LogP contribution >= 0.6 is 0 Å². The van der Waals surface area contributed by atoms with Gasteiger partial charge >= 0.3 is 0 Å². The van der Waals surface area contributed by atoms with Crippen molar-refractivity contribution < 1.29 is 0 Å². The maximum Gasteiger partial charge on any atom is 0.0459 e. The fraction of sp³-hybridized carbons (Fsp3) is 0.222. The topological polar surface area (TPSA) is 19.0 Å². The highest BCUT2D eigenvalue weighted by Gasteiger charge is 2.05. The first-order valence-electron chi connectivity index (χ1n) is 6.96. The van der Waals surface area contributed by atoms with Gasteiger partial charge in [0.15, 0.2) is 0 Å². The van der Waals surface area contributed by atoms with Gasteiger partial charge in [-0.15, -0.1) is 0 Å². The molecule has 0 spiro atoms. The molecule has 0 aliphatic rings. The zero-order valence-electron chi connectivity index (χ0n) is 12.3. The number of nitrogens with zero attached hydrogens (tertiary/aromatic N) is 1. The van der Waals surface area contributed by atoms with Crippen LogP contribution in [0.2, 0.25) is 0 Å². The highest BCUT2D eigenvalue weighted by atomic mass is 15.1. The van der Waals surface area contributed by atoms with Crippen molar-refractivity contribution in [2.75, 3.05) is 19.0 Å². The summed E-state index contributed by atoms with van der Waals surface area (Å²) < 4.78 is 0. The molecule has 2 heteroatoms. The summed E-state index contributed by atoms with van der Waals surface area (Å²) in [6.07, 6.45) is 3.10. The molecule has 3 aromatic rings. The number of fused-ring (bicyclic) bond motifs is 1. The maximum absolute atomic E-state index is 3.37. The Morgan fingerprint density at radius 1 is 1.00 bits per heavy atom. The van der Waals surface area contributed by atoms with E-state index in [1.807, 2.05) is 0 Å². The lowest BCUT2D eigenvalue weighted by atomic mass is 10.0. The maximum atomic E-state index is 3.37. The van der Waals surface area contributed by atoms with Crippen LogP contribution in [0.25, 0.3) is 10.9 Å². The van der Waals surface area contributed by atoms with Crippen molar-refractivity contribution in [2.45, 2.75) is 13.3 Å². The standard InChI is InChI=1S/C18H20N2/c1-13-4-9-17-15(12-19-18(17)10-13)11-14-5-7-16(8-6-14)20(2)3/h4-10,12,19H,11H2,1-3H3. The van der Waals surface area contributed by atoms with Gasteiger partial charge in [0.1, 0.15) is 0 Å².